The van der Waals surface area contributed by atoms with E-state index in [0.29, 0.717) is 12.0 Å². The standard InChI is InChI=1S/C10H12N4O3/c1-4-3-6(17-14-4)9-12-7(10(15)16)5(2)8(11)13-9/h6H,3H2,1-2H3,(H,15,16)(H2,11,12,13). The van der Waals surface area contributed by atoms with E-state index in [-0.39, 0.29) is 17.3 Å². The summed E-state index contributed by atoms with van der Waals surface area (Å²) in [5, 5.41) is 12.8. The quantitative estimate of drug-likeness (QED) is 0.789. The molecular formula is C10H12N4O3. The number of nitrogen functional groups attached to an aromatic ring is 1. The summed E-state index contributed by atoms with van der Waals surface area (Å²) in [5.74, 6) is -0.722. The number of hydrogen-bond acceptors (Lipinski definition) is 6. The first-order valence-electron chi connectivity index (χ1n) is 5.05. The van der Waals surface area contributed by atoms with E-state index in [1.807, 2.05) is 6.92 Å². The van der Waals surface area contributed by atoms with Gasteiger partial charge in [0.05, 0.1) is 5.71 Å². The van der Waals surface area contributed by atoms with Gasteiger partial charge in [-0.25, -0.2) is 14.8 Å². The van der Waals surface area contributed by atoms with Crippen LogP contribution in [0.5, 0.6) is 0 Å². The van der Waals surface area contributed by atoms with Crippen molar-refractivity contribution in [2.24, 2.45) is 5.16 Å². The number of anilines is 1. The molecule has 0 radical (unpaired) electrons. The highest BCUT2D eigenvalue weighted by Gasteiger charge is 2.26. The van der Waals surface area contributed by atoms with E-state index < -0.39 is 12.1 Å². The molecule has 2 rings (SSSR count). The molecule has 0 saturated carbocycles. The Labute approximate surface area is 97.3 Å². The minimum Gasteiger partial charge on any atom is -0.476 e. The molecule has 17 heavy (non-hydrogen) atoms. The number of carbonyl (C=O) groups is 1. The Morgan fingerprint density at radius 2 is 2.18 bits per heavy atom. The minimum atomic E-state index is -1.13. The van der Waals surface area contributed by atoms with E-state index in [1.165, 1.54) is 0 Å². The number of oxime groups is 1. The topological polar surface area (TPSA) is 111 Å². The van der Waals surface area contributed by atoms with Crippen LogP contribution < -0.4 is 5.73 Å². The number of carboxylic acids is 1. The molecule has 0 aromatic carbocycles. The fourth-order valence-corrected chi connectivity index (χ4v) is 1.54. The lowest BCUT2D eigenvalue weighted by Gasteiger charge is -2.10. The molecular weight excluding hydrogens is 224 g/mol. The van der Waals surface area contributed by atoms with E-state index in [9.17, 15) is 4.79 Å². The number of aromatic carboxylic acids is 1. The van der Waals surface area contributed by atoms with E-state index in [1.54, 1.807) is 6.92 Å². The number of hydrogen-bond donors (Lipinski definition) is 2. The molecule has 0 amide bonds. The molecule has 1 unspecified atom stereocenters. The fourth-order valence-electron chi connectivity index (χ4n) is 1.54. The molecule has 1 aromatic heterocycles. The van der Waals surface area contributed by atoms with Gasteiger partial charge in [0.25, 0.3) is 0 Å². The lowest BCUT2D eigenvalue weighted by atomic mass is 10.1. The molecule has 1 atom stereocenters. The van der Waals surface area contributed by atoms with Gasteiger partial charge in [0.1, 0.15) is 5.82 Å². The summed E-state index contributed by atoms with van der Waals surface area (Å²) >= 11 is 0. The molecule has 0 spiro atoms. The molecule has 0 saturated heterocycles. The number of nitrogens with zero attached hydrogens (tertiary/aromatic N) is 3. The summed E-state index contributed by atoms with van der Waals surface area (Å²) in [6.07, 6.45) is 0.0951. The normalized spacial score (nSPS) is 18.7. The second-order valence-corrected chi connectivity index (χ2v) is 3.87. The zero-order valence-electron chi connectivity index (χ0n) is 9.47. The molecule has 1 aromatic rings. The molecule has 1 aliphatic heterocycles. The summed E-state index contributed by atoms with van der Waals surface area (Å²) < 4.78 is 0. The summed E-state index contributed by atoms with van der Waals surface area (Å²) in [7, 11) is 0. The first-order chi connectivity index (χ1) is 7.99. The van der Waals surface area contributed by atoms with Gasteiger partial charge in [-0.1, -0.05) is 5.16 Å². The number of rotatable bonds is 2. The third-order valence-corrected chi connectivity index (χ3v) is 2.51. The molecule has 0 bridgehead atoms. The van der Waals surface area contributed by atoms with Gasteiger partial charge in [-0.3, -0.25) is 0 Å². The van der Waals surface area contributed by atoms with Gasteiger partial charge in [-0.15, -0.1) is 0 Å². The SMILES string of the molecule is CC1=NOC(c2nc(N)c(C)c(C(=O)O)n2)C1. The molecule has 2 heterocycles. The molecule has 0 fully saturated rings. The molecule has 90 valence electrons. The summed E-state index contributed by atoms with van der Waals surface area (Å²) in [4.78, 5) is 24.1. The summed E-state index contributed by atoms with van der Waals surface area (Å²) in [6.45, 7) is 3.38. The third kappa shape index (κ3) is 2.03. The largest absolute Gasteiger partial charge is 0.476 e. The van der Waals surface area contributed by atoms with E-state index in [0.717, 1.165) is 5.71 Å². The van der Waals surface area contributed by atoms with Crippen LogP contribution in [-0.4, -0.2) is 26.8 Å². The second kappa shape index (κ2) is 4.00. The predicted molar refractivity (Wildman–Crippen MR) is 59.7 cm³/mol. The van der Waals surface area contributed by atoms with Crippen molar-refractivity contribution in [2.75, 3.05) is 5.73 Å². The van der Waals surface area contributed by atoms with E-state index >= 15 is 0 Å². The highest BCUT2D eigenvalue weighted by molar-refractivity contribution is 5.88. The zero-order chi connectivity index (χ0) is 12.6. The van der Waals surface area contributed by atoms with Gasteiger partial charge in [0.2, 0.25) is 0 Å². The lowest BCUT2D eigenvalue weighted by Crippen LogP contribution is -2.14. The Morgan fingerprint density at radius 1 is 1.47 bits per heavy atom. The minimum absolute atomic E-state index is 0.0966. The van der Waals surface area contributed by atoms with Gasteiger partial charge >= 0.3 is 5.97 Å². The van der Waals surface area contributed by atoms with Gasteiger partial charge < -0.3 is 15.7 Å². The Bertz CT molecular complexity index is 513. The Kier molecular flexibility index (Phi) is 2.66. The molecule has 0 aliphatic carbocycles. The first-order valence-corrected chi connectivity index (χ1v) is 5.05. The molecule has 7 nitrogen and oxygen atoms in total. The average molecular weight is 236 g/mol. The van der Waals surface area contributed by atoms with Crippen LogP contribution in [0.15, 0.2) is 5.16 Å². The zero-order valence-corrected chi connectivity index (χ0v) is 9.47. The monoisotopic (exact) mass is 236 g/mol. The Hall–Kier alpha value is -2.18. The fraction of sp³-hybridized carbons (Fsp3) is 0.400. The van der Waals surface area contributed by atoms with Gasteiger partial charge in [-0.2, -0.15) is 0 Å². The van der Waals surface area contributed by atoms with Crippen molar-refractivity contribution in [2.45, 2.75) is 26.4 Å². The predicted octanol–water partition coefficient (Wildman–Crippen LogP) is 0.903. The van der Waals surface area contributed by atoms with Crippen molar-refractivity contribution in [3.63, 3.8) is 0 Å². The van der Waals surface area contributed by atoms with Crippen molar-refractivity contribution in [1.29, 1.82) is 0 Å². The van der Waals surface area contributed by atoms with Crippen molar-refractivity contribution in [3.8, 4) is 0 Å². The van der Waals surface area contributed by atoms with Crippen molar-refractivity contribution in [1.82, 2.24) is 9.97 Å². The number of aromatic nitrogens is 2. The maximum atomic E-state index is 11.0. The average Bonchev–Trinajstić information content (AvgIpc) is 2.68. The van der Waals surface area contributed by atoms with Crippen LogP contribution in [0.2, 0.25) is 0 Å². The van der Waals surface area contributed by atoms with Crippen molar-refractivity contribution < 1.29 is 14.7 Å². The van der Waals surface area contributed by atoms with Crippen LogP contribution in [0.1, 0.15) is 41.3 Å². The smallest absolute Gasteiger partial charge is 0.354 e. The van der Waals surface area contributed by atoms with Crippen molar-refractivity contribution in [3.05, 3.63) is 17.1 Å². The Morgan fingerprint density at radius 3 is 2.71 bits per heavy atom. The number of nitrogens with two attached hydrogens (primary N) is 1. The van der Waals surface area contributed by atoms with Crippen LogP contribution in [-0.2, 0) is 4.84 Å². The third-order valence-electron chi connectivity index (χ3n) is 2.51. The first kappa shape index (κ1) is 11.3. The van der Waals surface area contributed by atoms with Crippen molar-refractivity contribution >= 4 is 17.5 Å². The van der Waals surface area contributed by atoms with Crippen LogP contribution in [0.25, 0.3) is 0 Å². The second-order valence-electron chi connectivity index (χ2n) is 3.87. The van der Waals surface area contributed by atoms with Crippen LogP contribution in [0.3, 0.4) is 0 Å². The van der Waals surface area contributed by atoms with E-state index in [2.05, 4.69) is 15.1 Å². The molecule has 3 N–H and O–H groups in total. The summed E-state index contributed by atoms with van der Waals surface area (Å²) in [6, 6.07) is 0. The lowest BCUT2D eigenvalue weighted by molar-refractivity contribution is 0.0678. The van der Waals surface area contributed by atoms with Gasteiger partial charge in [-0.05, 0) is 13.8 Å². The van der Waals surface area contributed by atoms with Crippen LogP contribution >= 0.6 is 0 Å². The Balaban J connectivity index is 2.40. The maximum absolute atomic E-state index is 11.0. The van der Waals surface area contributed by atoms with Gasteiger partial charge in [0.15, 0.2) is 17.6 Å². The number of carboxylic acid groups (broad SMARTS) is 1. The molecule has 7 heteroatoms. The van der Waals surface area contributed by atoms with Crippen LogP contribution in [0, 0.1) is 6.92 Å². The summed E-state index contributed by atoms with van der Waals surface area (Å²) in [5.41, 5.74) is 6.73. The van der Waals surface area contributed by atoms with Gasteiger partial charge in [0, 0.05) is 12.0 Å². The maximum Gasteiger partial charge on any atom is 0.354 e. The highest BCUT2D eigenvalue weighted by Crippen LogP contribution is 2.26. The highest BCUT2D eigenvalue weighted by atomic mass is 16.6. The molecule has 1 aliphatic rings. The van der Waals surface area contributed by atoms with E-state index in [4.69, 9.17) is 15.7 Å². The van der Waals surface area contributed by atoms with Crippen LogP contribution in [0.4, 0.5) is 5.82 Å².